The van der Waals surface area contributed by atoms with E-state index in [0.29, 0.717) is 11.8 Å². The van der Waals surface area contributed by atoms with E-state index in [0.717, 1.165) is 18.5 Å². The summed E-state index contributed by atoms with van der Waals surface area (Å²) in [6.07, 6.45) is 2.28. The third kappa shape index (κ3) is 3.77. The van der Waals surface area contributed by atoms with Gasteiger partial charge in [0.2, 0.25) is 5.95 Å². The lowest BCUT2D eigenvalue weighted by Gasteiger charge is -2.08. The fourth-order valence-electron chi connectivity index (χ4n) is 2.02. The summed E-state index contributed by atoms with van der Waals surface area (Å²) in [7, 11) is 0. The lowest BCUT2D eigenvalue weighted by Crippen LogP contribution is -2.15. The molecule has 0 atom stereocenters. The summed E-state index contributed by atoms with van der Waals surface area (Å²) in [6.45, 7) is 0. The molecule has 1 amide bonds. The predicted octanol–water partition coefficient (Wildman–Crippen LogP) is 4.03. The standard InChI is InChI=1S/C17H10F4N4O/c18-10-2-1-3-11(6-10)24-17-22-7-9(8-23-17)16(26)25-13-5-4-12(19)14(20)15(13)21/h1-8H,(H,25,26)(H,22,23,24). The highest BCUT2D eigenvalue weighted by atomic mass is 19.2. The summed E-state index contributed by atoms with van der Waals surface area (Å²) in [4.78, 5) is 19.8. The molecule has 5 nitrogen and oxygen atoms in total. The van der Waals surface area contributed by atoms with Crippen molar-refractivity contribution in [3.63, 3.8) is 0 Å². The lowest BCUT2D eigenvalue weighted by molar-refractivity contribution is 0.102. The summed E-state index contributed by atoms with van der Waals surface area (Å²) in [5.41, 5.74) is -0.152. The number of anilines is 3. The molecule has 0 saturated heterocycles. The van der Waals surface area contributed by atoms with E-state index in [4.69, 9.17) is 0 Å². The first-order chi connectivity index (χ1) is 12.4. The lowest BCUT2D eigenvalue weighted by atomic mass is 10.2. The van der Waals surface area contributed by atoms with Crippen molar-refractivity contribution in [2.45, 2.75) is 0 Å². The molecule has 0 aliphatic heterocycles. The van der Waals surface area contributed by atoms with E-state index in [9.17, 15) is 22.4 Å². The highest BCUT2D eigenvalue weighted by Gasteiger charge is 2.16. The average Bonchev–Trinajstić information content (AvgIpc) is 2.63. The van der Waals surface area contributed by atoms with Crippen LogP contribution in [0.25, 0.3) is 0 Å². The first kappa shape index (κ1) is 17.3. The monoisotopic (exact) mass is 362 g/mol. The number of hydrogen-bond acceptors (Lipinski definition) is 4. The fraction of sp³-hybridized carbons (Fsp3) is 0. The highest BCUT2D eigenvalue weighted by molar-refractivity contribution is 6.04. The molecular formula is C17H10F4N4O. The molecule has 0 radical (unpaired) electrons. The quantitative estimate of drug-likeness (QED) is 0.543. The topological polar surface area (TPSA) is 66.9 Å². The first-order valence-corrected chi connectivity index (χ1v) is 7.23. The Morgan fingerprint density at radius 2 is 1.65 bits per heavy atom. The molecule has 3 aromatic rings. The molecule has 2 aromatic carbocycles. The molecule has 0 unspecified atom stereocenters. The van der Waals surface area contributed by atoms with Crippen LogP contribution >= 0.6 is 0 Å². The Morgan fingerprint density at radius 1 is 0.923 bits per heavy atom. The molecule has 0 fully saturated rings. The number of rotatable bonds is 4. The number of halogens is 4. The Morgan fingerprint density at radius 3 is 2.35 bits per heavy atom. The largest absolute Gasteiger partial charge is 0.324 e. The van der Waals surface area contributed by atoms with Crippen LogP contribution in [0.2, 0.25) is 0 Å². The molecule has 0 bridgehead atoms. The van der Waals surface area contributed by atoms with Crippen molar-refractivity contribution >= 4 is 23.2 Å². The number of benzene rings is 2. The van der Waals surface area contributed by atoms with Gasteiger partial charge in [-0.15, -0.1) is 0 Å². The van der Waals surface area contributed by atoms with Gasteiger partial charge in [0.05, 0.1) is 11.3 Å². The van der Waals surface area contributed by atoms with Crippen molar-refractivity contribution in [1.29, 1.82) is 0 Å². The van der Waals surface area contributed by atoms with Crippen LogP contribution in [0.1, 0.15) is 10.4 Å². The van der Waals surface area contributed by atoms with Crippen LogP contribution in [0.15, 0.2) is 48.8 Å². The zero-order valence-electron chi connectivity index (χ0n) is 12.9. The summed E-state index contributed by atoms with van der Waals surface area (Å²) >= 11 is 0. The molecule has 0 aliphatic carbocycles. The Labute approximate surface area is 144 Å². The summed E-state index contributed by atoms with van der Waals surface area (Å²) < 4.78 is 52.8. The van der Waals surface area contributed by atoms with Crippen LogP contribution in [-0.4, -0.2) is 15.9 Å². The maximum Gasteiger partial charge on any atom is 0.258 e. The van der Waals surface area contributed by atoms with E-state index in [-0.39, 0.29) is 11.5 Å². The van der Waals surface area contributed by atoms with Crippen LogP contribution in [0.3, 0.4) is 0 Å². The van der Waals surface area contributed by atoms with Crippen LogP contribution in [0.4, 0.5) is 34.9 Å². The average molecular weight is 362 g/mol. The summed E-state index contributed by atoms with van der Waals surface area (Å²) in [5, 5.41) is 4.84. The summed E-state index contributed by atoms with van der Waals surface area (Å²) in [6, 6.07) is 7.18. The number of carbonyl (C=O) groups excluding carboxylic acids is 1. The minimum atomic E-state index is -1.69. The molecule has 2 N–H and O–H groups in total. The Kier molecular flexibility index (Phi) is 4.78. The molecule has 0 aliphatic rings. The van der Waals surface area contributed by atoms with E-state index < -0.39 is 34.9 Å². The zero-order chi connectivity index (χ0) is 18.7. The number of amides is 1. The molecular weight excluding hydrogens is 352 g/mol. The van der Waals surface area contributed by atoms with Crippen molar-refractivity contribution in [1.82, 2.24) is 9.97 Å². The molecule has 0 saturated carbocycles. The van der Waals surface area contributed by atoms with Crippen LogP contribution in [0, 0.1) is 23.3 Å². The Hall–Kier alpha value is -3.49. The zero-order valence-corrected chi connectivity index (χ0v) is 12.9. The van der Waals surface area contributed by atoms with Gasteiger partial charge in [0.25, 0.3) is 5.91 Å². The van der Waals surface area contributed by atoms with Gasteiger partial charge in [0, 0.05) is 18.1 Å². The van der Waals surface area contributed by atoms with E-state index in [1.54, 1.807) is 6.07 Å². The predicted molar refractivity (Wildman–Crippen MR) is 86.0 cm³/mol. The van der Waals surface area contributed by atoms with Crippen LogP contribution in [-0.2, 0) is 0 Å². The van der Waals surface area contributed by atoms with Crippen molar-refractivity contribution in [2.24, 2.45) is 0 Å². The van der Waals surface area contributed by atoms with Crippen LogP contribution < -0.4 is 10.6 Å². The molecule has 1 heterocycles. The number of nitrogens with zero attached hydrogens (tertiary/aromatic N) is 2. The smallest absolute Gasteiger partial charge is 0.258 e. The van der Waals surface area contributed by atoms with Crippen molar-refractivity contribution < 1.29 is 22.4 Å². The third-order valence-corrected chi connectivity index (χ3v) is 3.28. The minimum absolute atomic E-state index is 0.0427. The van der Waals surface area contributed by atoms with Gasteiger partial charge in [-0.3, -0.25) is 4.79 Å². The number of nitrogens with one attached hydrogen (secondary N) is 2. The molecule has 0 spiro atoms. The molecule has 1 aromatic heterocycles. The van der Waals surface area contributed by atoms with E-state index in [1.165, 1.54) is 18.2 Å². The van der Waals surface area contributed by atoms with Gasteiger partial charge >= 0.3 is 0 Å². The Balaban J connectivity index is 1.72. The highest BCUT2D eigenvalue weighted by Crippen LogP contribution is 2.20. The Bertz CT molecular complexity index is 963. The minimum Gasteiger partial charge on any atom is -0.324 e. The van der Waals surface area contributed by atoms with Gasteiger partial charge in [-0.05, 0) is 30.3 Å². The van der Waals surface area contributed by atoms with Crippen LogP contribution in [0.5, 0.6) is 0 Å². The normalized spacial score (nSPS) is 10.5. The van der Waals surface area contributed by atoms with Crippen molar-refractivity contribution in [3.8, 4) is 0 Å². The SMILES string of the molecule is O=C(Nc1ccc(F)c(F)c1F)c1cnc(Nc2cccc(F)c2)nc1. The fourth-order valence-corrected chi connectivity index (χ4v) is 2.02. The van der Waals surface area contributed by atoms with Gasteiger partial charge in [-0.2, -0.15) is 0 Å². The molecule has 26 heavy (non-hydrogen) atoms. The van der Waals surface area contributed by atoms with Crippen molar-refractivity contribution in [2.75, 3.05) is 10.6 Å². The van der Waals surface area contributed by atoms with E-state index in [2.05, 4.69) is 20.6 Å². The third-order valence-electron chi connectivity index (χ3n) is 3.28. The van der Waals surface area contributed by atoms with Gasteiger partial charge < -0.3 is 10.6 Å². The molecule has 132 valence electrons. The van der Waals surface area contributed by atoms with E-state index >= 15 is 0 Å². The number of carbonyl (C=O) groups is 1. The molecule has 3 rings (SSSR count). The first-order valence-electron chi connectivity index (χ1n) is 7.23. The van der Waals surface area contributed by atoms with Gasteiger partial charge in [-0.1, -0.05) is 6.07 Å². The maximum absolute atomic E-state index is 13.6. The second-order valence-corrected chi connectivity index (χ2v) is 5.11. The van der Waals surface area contributed by atoms with Gasteiger partial charge in [-0.25, -0.2) is 27.5 Å². The summed E-state index contributed by atoms with van der Waals surface area (Å²) in [5.74, 6) is -5.72. The van der Waals surface area contributed by atoms with Gasteiger partial charge in [0.1, 0.15) is 5.82 Å². The second-order valence-electron chi connectivity index (χ2n) is 5.11. The number of hydrogen-bond donors (Lipinski definition) is 2. The van der Waals surface area contributed by atoms with Crippen molar-refractivity contribution in [3.05, 3.63) is 77.6 Å². The van der Waals surface area contributed by atoms with E-state index in [1.807, 2.05) is 0 Å². The second kappa shape index (κ2) is 7.18. The van der Waals surface area contributed by atoms with Gasteiger partial charge in [0.15, 0.2) is 17.5 Å². The maximum atomic E-state index is 13.6. The molecule has 9 heteroatoms. The number of aromatic nitrogens is 2.